The van der Waals surface area contributed by atoms with Crippen LogP contribution >= 0.6 is 0 Å². The summed E-state index contributed by atoms with van der Waals surface area (Å²) in [6, 6.07) is 6.30. The summed E-state index contributed by atoms with van der Waals surface area (Å²) >= 11 is 0. The van der Waals surface area contributed by atoms with Gasteiger partial charge in [0.2, 0.25) is 0 Å². The van der Waals surface area contributed by atoms with Gasteiger partial charge < -0.3 is 15.4 Å². The van der Waals surface area contributed by atoms with E-state index in [0.29, 0.717) is 6.04 Å². The maximum absolute atomic E-state index is 11.3. The Morgan fingerprint density at radius 1 is 1.45 bits per heavy atom. The van der Waals surface area contributed by atoms with E-state index in [9.17, 15) is 4.79 Å². The second kappa shape index (κ2) is 5.83. The van der Waals surface area contributed by atoms with E-state index in [1.54, 1.807) is 0 Å². The van der Waals surface area contributed by atoms with Crippen molar-refractivity contribution in [1.29, 1.82) is 0 Å². The van der Waals surface area contributed by atoms with Gasteiger partial charge in [-0.05, 0) is 49.9 Å². The second-order valence-corrected chi connectivity index (χ2v) is 5.85. The van der Waals surface area contributed by atoms with Gasteiger partial charge in [0.1, 0.15) is 5.75 Å². The monoisotopic (exact) mass is 274 g/mol. The zero-order chi connectivity index (χ0) is 13.9. The highest BCUT2D eigenvalue weighted by molar-refractivity contribution is 5.95. The number of hydrogen-bond acceptors (Lipinski definition) is 3. The highest BCUT2D eigenvalue weighted by Gasteiger charge is 2.20. The molecule has 1 heterocycles. The third kappa shape index (κ3) is 3.31. The first-order valence-electron chi connectivity index (χ1n) is 7.52. The van der Waals surface area contributed by atoms with E-state index < -0.39 is 0 Å². The molecule has 0 spiro atoms. The number of rotatable bonds is 6. The van der Waals surface area contributed by atoms with E-state index in [4.69, 9.17) is 4.74 Å². The second-order valence-electron chi connectivity index (χ2n) is 5.85. The Hall–Kier alpha value is -1.55. The van der Waals surface area contributed by atoms with Crippen LogP contribution in [0.1, 0.15) is 44.2 Å². The van der Waals surface area contributed by atoms with Gasteiger partial charge in [-0.2, -0.15) is 0 Å². The van der Waals surface area contributed by atoms with Crippen molar-refractivity contribution in [3.63, 3.8) is 0 Å². The SMILES string of the molecule is CC(NCCCC1CC1)c1ccc2c(c1)NC(=O)CO2. The summed E-state index contributed by atoms with van der Waals surface area (Å²) in [5.74, 6) is 1.68. The Kier molecular flexibility index (Phi) is 3.92. The molecule has 0 bridgehead atoms. The molecule has 1 fully saturated rings. The number of benzene rings is 1. The van der Waals surface area contributed by atoms with Crippen LogP contribution in [0.25, 0.3) is 0 Å². The van der Waals surface area contributed by atoms with Gasteiger partial charge in [0, 0.05) is 6.04 Å². The van der Waals surface area contributed by atoms with Crippen molar-refractivity contribution in [2.45, 2.75) is 38.6 Å². The van der Waals surface area contributed by atoms with Crippen LogP contribution in [0.5, 0.6) is 5.75 Å². The lowest BCUT2D eigenvalue weighted by atomic mass is 10.1. The summed E-state index contributed by atoms with van der Waals surface area (Å²) in [7, 11) is 0. The van der Waals surface area contributed by atoms with Gasteiger partial charge in [0.05, 0.1) is 5.69 Å². The molecule has 1 aromatic carbocycles. The van der Waals surface area contributed by atoms with E-state index in [0.717, 1.165) is 23.9 Å². The average molecular weight is 274 g/mol. The number of carbonyl (C=O) groups is 1. The number of anilines is 1. The van der Waals surface area contributed by atoms with Gasteiger partial charge in [-0.15, -0.1) is 0 Å². The van der Waals surface area contributed by atoms with Crippen molar-refractivity contribution >= 4 is 11.6 Å². The fourth-order valence-electron chi connectivity index (χ4n) is 2.60. The lowest BCUT2D eigenvalue weighted by Crippen LogP contribution is -2.26. The molecule has 4 heteroatoms. The number of hydrogen-bond donors (Lipinski definition) is 2. The summed E-state index contributed by atoms with van der Waals surface area (Å²) in [4.78, 5) is 11.3. The molecule has 1 aliphatic heterocycles. The lowest BCUT2D eigenvalue weighted by molar-refractivity contribution is -0.118. The maximum atomic E-state index is 11.3. The normalized spacial score (nSPS) is 18.9. The summed E-state index contributed by atoms with van der Waals surface area (Å²) in [5, 5.41) is 6.40. The van der Waals surface area contributed by atoms with Crippen LogP contribution in [0.4, 0.5) is 5.69 Å². The van der Waals surface area contributed by atoms with Crippen LogP contribution in [0.15, 0.2) is 18.2 Å². The molecule has 2 N–H and O–H groups in total. The van der Waals surface area contributed by atoms with Crippen molar-refractivity contribution in [3.8, 4) is 5.75 Å². The van der Waals surface area contributed by atoms with E-state index in [-0.39, 0.29) is 12.5 Å². The molecule has 1 amide bonds. The molecule has 1 aliphatic carbocycles. The Morgan fingerprint density at radius 3 is 3.10 bits per heavy atom. The molecule has 0 aromatic heterocycles. The first kappa shape index (κ1) is 13.4. The predicted octanol–water partition coefficient (Wildman–Crippen LogP) is 2.86. The number of nitrogens with one attached hydrogen (secondary N) is 2. The summed E-state index contributed by atoms with van der Waals surface area (Å²) in [5.41, 5.74) is 1.96. The molecule has 4 nitrogen and oxygen atoms in total. The zero-order valence-corrected chi connectivity index (χ0v) is 11.9. The van der Waals surface area contributed by atoms with Crippen molar-refractivity contribution < 1.29 is 9.53 Å². The van der Waals surface area contributed by atoms with Crippen molar-refractivity contribution in [2.24, 2.45) is 5.92 Å². The van der Waals surface area contributed by atoms with Gasteiger partial charge >= 0.3 is 0 Å². The summed E-state index contributed by atoms with van der Waals surface area (Å²) < 4.78 is 5.37. The quantitative estimate of drug-likeness (QED) is 0.784. The molecule has 1 unspecified atom stereocenters. The Morgan fingerprint density at radius 2 is 2.30 bits per heavy atom. The summed E-state index contributed by atoms with van der Waals surface area (Å²) in [6.07, 6.45) is 5.47. The number of fused-ring (bicyclic) bond motifs is 1. The molecular formula is C16H22N2O2. The molecule has 0 saturated heterocycles. The van der Waals surface area contributed by atoms with E-state index in [1.165, 1.54) is 31.2 Å². The zero-order valence-electron chi connectivity index (χ0n) is 11.9. The third-order valence-corrected chi connectivity index (χ3v) is 4.07. The van der Waals surface area contributed by atoms with E-state index >= 15 is 0 Å². The highest BCUT2D eigenvalue weighted by Crippen LogP contribution is 2.33. The Labute approximate surface area is 119 Å². The first-order chi connectivity index (χ1) is 9.72. The molecular weight excluding hydrogens is 252 g/mol. The number of carbonyl (C=O) groups excluding carboxylic acids is 1. The first-order valence-corrected chi connectivity index (χ1v) is 7.52. The fourth-order valence-corrected chi connectivity index (χ4v) is 2.60. The number of ether oxygens (including phenoxy) is 1. The van der Waals surface area contributed by atoms with Crippen LogP contribution in [-0.2, 0) is 4.79 Å². The van der Waals surface area contributed by atoms with Crippen molar-refractivity contribution in [3.05, 3.63) is 23.8 Å². The minimum atomic E-state index is -0.0836. The molecule has 1 saturated carbocycles. The van der Waals surface area contributed by atoms with Gasteiger partial charge in [-0.3, -0.25) is 4.79 Å². The lowest BCUT2D eigenvalue weighted by Gasteiger charge is -2.21. The van der Waals surface area contributed by atoms with Gasteiger partial charge in [-0.25, -0.2) is 0 Å². The van der Waals surface area contributed by atoms with Gasteiger partial charge in [0.25, 0.3) is 5.91 Å². The largest absolute Gasteiger partial charge is 0.482 e. The molecule has 0 radical (unpaired) electrons. The fraction of sp³-hybridized carbons (Fsp3) is 0.562. The predicted molar refractivity (Wildman–Crippen MR) is 78.9 cm³/mol. The standard InChI is InChI=1S/C16H22N2O2/c1-11(17-8-2-3-12-4-5-12)13-6-7-15-14(9-13)18-16(19)10-20-15/h6-7,9,11-12,17H,2-5,8,10H2,1H3,(H,18,19). The molecule has 20 heavy (non-hydrogen) atoms. The highest BCUT2D eigenvalue weighted by atomic mass is 16.5. The van der Waals surface area contributed by atoms with Gasteiger partial charge in [-0.1, -0.05) is 18.9 Å². The van der Waals surface area contributed by atoms with Crippen molar-refractivity contribution in [1.82, 2.24) is 5.32 Å². The Bertz CT molecular complexity index is 497. The average Bonchev–Trinajstić information content (AvgIpc) is 3.26. The van der Waals surface area contributed by atoms with Gasteiger partial charge in [0.15, 0.2) is 6.61 Å². The third-order valence-electron chi connectivity index (χ3n) is 4.07. The molecule has 108 valence electrons. The maximum Gasteiger partial charge on any atom is 0.262 e. The molecule has 2 aliphatic rings. The molecule has 3 rings (SSSR count). The van der Waals surface area contributed by atoms with E-state index in [2.05, 4.69) is 23.6 Å². The number of amides is 1. The topological polar surface area (TPSA) is 50.4 Å². The van der Waals surface area contributed by atoms with Crippen LogP contribution < -0.4 is 15.4 Å². The summed E-state index contributed by atoms with van der Waals surface area (Å²) in [6.45, 7) is 3.32. The van der Waals surface area contributed by atoms with Crippen LogP contribution in [0.3, 0.4) is 0 Å². The molecule has 1 atom stereocenters. The van der Waals surface area contributed by atoms with Crippen LogP contribution in [0, 0.1) is 5.92 Å². The van der Waals surface area contributed by atoms with E-state index in [1.807, 2.05) is 12.1 Å². The van der Waals surface area contributed by atoms with Crippen LogP contribution in [-0.4, -0.2) is 19.1 Å². The molecule has 1 aromatic rings. The smallest absolute Gasteiger partial charge is 0.262 e. The van der Waals surface area contributed by atoms with Crippen molar-refractivity contribution in [2.75, 3.05) is 18.5 Å². The minimum absolute atomic E-state index is 0.0836. The minimum Gasteiger partial charge on any atom is -0.482 e. The Balaban J connectivity index is 1.55. The van der Waals surface area contributed by atoms with Crippen LogP contribution in [0.2, 0.25) is 0 Å².